The van der Waals surface area contributed by atoms with Gasteiger partial charge in [0.15, 0.2) is 11.4 Å². The van der Waals surface area contributed by atoms with Gasteiger partial charge in [0, 0.05) is 11.5 Å². The molecule has 0 radical (unpaired) electrons. The zero-order chi connectivity index (χ0) is 21.7. The molecule has 2 unspecified atom stereocenters. The average Bonchev–Trinajstić information content (AvgIpc) is 3.12. The number of nitrogens with zero attached hydrogens (tertiary/aromatic N) is 4. The lowest BCUT2D eigenvalue weighted by Gasteiger charge is -2.36. The second-order valence-electron chi connectivity index (χ2n) is 8.01. The van der Waals surface area contributed by atoms with Gasteiger partial charge in [0.05, 0.1) is 11.4 Å². The van der Waals surface area contributed by atoms with Crippen molar-refractivity contribution in [2.45, 2.75) is 38.0 Å². The van der Waals surface area contributed by atoms with Crippen molar-refractivity contribution in [3.63, 3.8) is 0 Å². The smallest absolute Gasteiger partial charge is 0.269 e. The maximum Gasteiger partial charge on any atom is 0.269 e. The van der Waals surface area contributed by atoms with E-state index in [2.05, 4.69) is 20.8 Å². The van der Waals surface area contributed by atoms with E-state index in [4.69, 9.17) is 0 Å². The number of aromatic nitrogens is 2. The largest absolute Gasteiger partial charge is 0.272 e. The van der Waals surface area contributed by atoms with E-state index in [1.54, 1.807) is 0 Å². The van der Waals surface area contributed by atoms with Gasteiger partial charge in [0.25, 0.3) is 11.8 Å². The molecule has 2 aliphatic rings. The molecule has 9 heteroatoms. The number of hydrogen-bond acceptors (Lipinski definition) is 6. The summed E-state index contributed by atoms with van der Waals surface area (Å²) in [7, 11) is 0. The van der Waals surface area contributed by atoms with Gasteiger partial charge in [-0.25, -0.2) is 14.4 Å². The van der Waals surface area contributed by atoms with Crippen molar-refractivity contribution in [3.8, 4) is 12.1 Å². The number of benzene rings is 1. The van der Waals surface area contributed by atoms with E-state index in [0.717, 1.165) is 12.1 Å². The molecule has 2 bridgehead atoms. The molecule has 0 aliphatic heterocycles. The number of hydrazine groups is 1. The van der Waals surface area contributed by atoms with E-state index in [9.17, 15) is 24.5 Å². The van der Waals surface area contributed by atoms with E-state index in [1.165, 1.54) is 12.1 Å². The molecule has 4 rings (SSSR count). The van der Waals surface area contributed by atoms with Crippen LogP contribution in [-0.4, -0.2) is 21.8 Å². The molecule has 2 N–H and O–H groups in total. The van der Waals surface area contributed by atoms with E-state index in [1.807, 2.05) is 26.0 Å². The lowest BCUT2D eigenvalue weighted by Crippen LogP contribution is -2.55. The maximum absolute atomic E-state index is 13.3. The molecule has 2 atom stereocenters. The SMILES string of the molecule is CC1(C)C2CCC1(C(=O)NNC(=O)c1ccc(F)cc1)c1nc(C#N)c(C#N)nc12. The Kier molecular flexibility index (Phi) is 4.28. The molecule has 1 saturated carbocycles. The Hall–Kier alpha value is -3.85. The van der Waals surface area contributed by atoms with Crippen LogP contribution in [0.25, 0.3) is 0 Å². The molecule has 150 valence electrons. The minimum absolute atomic E-state index is 0.0558. The fourth-order valence-electron chi connectivity index (χ4n) is 4.81. The first kappa shape index (κ1) is 19.5. The highest BCUT2D eigenvalue weighted by Crippen LogP contribution is 2.66. The Morgan fingerprint density at radius 1 is 1.10 bits per heavy atom. The molecule has 1 aromatic heterocycles. The Balaban J connectivity index is 1.67. The quantitative estimate of drug-likeness (QED) is 0.736. The van der Waals surface area contributed by atoms with Gasteiger partial charge in [-0.15, -0.1) is 0 Å². The molecule has 2 aliphatic carbocycles. The van der Waals surface area contributed by atoms with Crippen molar-refractivity contribution < 1.29 is 14.0 Å². The molecule has 1 heterocycles. The summed E-state index contributed by atoms with van der Waals surface area (Å²) >= 11 is 0. The van der Waals surface area contributed by atoms with Crippen molar-refractivity contribution in [3.05, 3.63) is 58.4 Å². The summed E-state index contributed by atoms with van der Waals surface area (Å²) in [5.74, 6) is -1.63. The van der Waals surface area contributed by atoms with Crippen molar-refractivity contribution in [2.24, 2.45) is 5.41 Å². The fourth-order valence-corrected chi connectivity index (χ4v) is 4.81. The summed E-state index contributed by atoms with van der Waals surface area (Å²) in [5, 5.41) is 18.6. The van der Waals surface area contributed by atoms with Gasteiger partial charge in [0.2, 0.25) is 0 Å². The van der Waals surface area contributed by atoms with E-state index >= 15 is 0 Å². The highest BCUT2D eigenvalue weighted by Gasteiger charge is 2.68. The first-order chi connectivity index (χ1) is 14.3. The topological polar surface area (TPSA) is 132 Å². The fraction of sp³-hybridized carbons (Fsp3) is 0.333. The van der Waals surface area contributed by atoms with E-state index in [0.29, 0.717) is 24.2 Å². The van der Waals surface area contributed by atoms with Crippen LogP contribution in [0.1, 0.15) is 65.7 Å². The third kappa shape index (κ3) is 2.49. The Labute approximate surface area is 171 Å². The first-order valence-electron chi connectivity index (χ1n) is 9.35. The molecule has 2 aromatic rings. The minimum Gasteiger partial charge on any atom is -0.272 e. The van der Waals surface area contributed by atoms with Gasteiger partial charge in [-0.3, -0.25) is 20.4 Å². The number of rotatable bonds is 2. The van der Waals surface area contributed by atoms with E-state index < -0.39 is 28.5 Å². The van der Waals surface area contributed by atoms with Crippen molar-refractivity contribution in [2.75, 3.05) is 0 Å². The van der Waals surface area contributed by atoms with Crippen molar-refractivity contribution in [1.29, 1.82) is 10.5 Å². The van der Waals surface area contributed by atoms with Gasteiger partial charge >= 0.3 is 0 Å². The van der Waals surface area contributed by atoms with Crippen LogP contribution in [0, 0.1) is 33.9 Å². The molecule has 1 aromatic carbocycles. The highest BCUT2D eigenvalue weighted by molar-refractivity contribution is 5.97. The second kappa shape index (κ2) is 6.60. The Bertz CT molecular complexity index is 1160. The van der Waals surface area contributed by atoms with Crippen LogP contribution in [0.2, 0.25) is 0 Å². The number of nitriles is 2. The molecule has 30 heavy (non-hydrogen) atoms. The molecule has 2 amide bonds. The summed E-state index contributed by atoms with van der Waals surface area (Å²) in [4.78, 5) is 34.4. The Morgan fingerprint density at radius 2 is 1.73 bits per heavy atom. The monoisotopic (exact) mass is 404 g/mol. The summed E-state index contributed by atoms with van der Waals surface area (Å²) in [6.45, 7) is 3.85. The van der Waals surface area contributed by atoms with Gasteiger partial charge in [0.1, 0.15) is 23.4 Å². The van der Waals surface area contributed by atoms with Crippen LogP contribution in [0.15, 0.2) is 24.3 Å². The van der Waals surface area contributed by atoms with Crippen LogP contribution < -0.4 is 10.9 Å². The Morgan fingerprint density at radius 3 is 2.37 bits per heavy atom. The normalized spacial score (nSPS) is 22.5. The summed E-state index contributed by atoms with van der Waals surface area (Å²) < 4.78 is 13.1. The van der Waals surface area contributed by atoms with Crippen molar-refractivity contribution >= 4 is 11.8 Å². The van der Waals surface area contributed by atoms with Crippen LogP contribution >= 0.6 is 0 Å². The predicted molar refractivity (Wildman–Crippen MR) is 101 cm³/mol. The highest BCUT2D eigenvalue weighted by atomic mass is 19.1. The lowest BCUT2D eigenvalue weighted by atomic mass is 9.68. The summed E-state index contributed by atoms with van der Waals surface area (Å²) in [6.07, 6.45) is 1.14. The zero-order valence-corrected chi connectivity index (χ0v) is 16.3. The number of carbonyl (C=O) groups excluding carboxylic acids is 2. The zero-order valence-electron chi connectivity index (χ0n) is 16.3. The molecule has 0 saturated heterocycles. The number of amides is 2. The van der Waals surface area contributed by atoms with Gasteiger partial charge in [-0.05, 0) is 42.5 Å². The molecule has 1 fully saturated rings. The standard InChI is InChI=1S/C21H17FN6O2/c1-20(2)13-7-8-21(20,17-16(13)25-14(9-23)15(10-24)26-17)19(30)28-27-18(29)11-3-5-12(22)6-4-11/h3-6,13H,7-8H2,1-2H3,(H,27,29)(H,28,30). The number of fused-ring (bicyclic) bond motifs is 5. The van der Waals surface area contributed by atoms with Crippen LogP contribution in [0.4, 0.5) is 4.39 Å². The molecule has 8 nitrogen and oxygen atoms in total. The van der Waals surface area contributed by atoms with Crippen molar-refractivity contribution in [1.82, 2.24) is 20.8 Å². The number of halogens is 1. The van der Waals surface area contributed by atoms with Gasteiger partial charge in [-0.2, -0.15) is 10.5 Å². The number of carbonyl (C=O) groups is 2. The third-order valence-corrected chi connectivity index (χ3v) is 6.43. The number of hydrogen-bond donors (Lipinski definition) is 2. The van der Waals surface area contributed by atoms with E-state index in [-0.39, 0.29) is 22.9 Å². The average molecular weight is 404 g/mol. The summed E-state index contributed by atoms with van der Waals surface area (Å²) in [6, 6.07) is 8.68. The molecule has 0 spiro atoms. The molecular weight excluding hydrogens is 387 g/mol. The third-order valence-electron chi connectivity index (χ3n) is 6.43. The van der Waals surface area contributed by atoms with Gasteiger partial charge < -0.3 is 0 Å². The first-order valence-corrected chi connectivity index (χ1v) is 9.35. The lowest BCUT2D eigenvalue weighted by molar-refractivity contribution is -0.130. The number of nitrogens with one attached hydrogen (secondary N) is 2. The predicted octanol–water partition coefficient (Wildman–Crippen LogP) is 1.98. The minimum atomic E-state index is -1.10. The van der Waals surface area contributed by atoms with Crippen LogP contribution in [0.5, 0.6) is 0 Å². The summed E-state index contributed by atoms with van der Waals surface area (Å²) in [5.41, 5.74) is 4.10. The van der Waals surface area contributed by atoms with Crippen LogP contribution in [0.3, 0.4) is 0 Å². The second-order valence-corrected chi connectivity index (χ2v) is 8.01. The maximum atomic E-state index is 13.3. The van der Waals surface area contributed by atoms with Gasteiger partial charge in [-0.1, -0.05) is 13.8 Å². The molecular formula is C21H17FN6O2. The van der Waals surface area contributed by atoms with Crippen LogP contribution in [-0.2, 0) is 10.2 Å².